The van der Waals surface area contributed by atoms with E-state index in [0.717, 1.165) is 46.9 Å². The number of likely N-dealkylation sites (tertiary alicyclic amines) is 1. The molecule has 0 bridgehead atoms. The van der Waals surface area contributed by atoms with E-state index in [0.29, 0.717) is 19.6 Å². The number of anilines is 1. The highest BCUT2D eigenvalue weighted by atomic mass is 32.1. The number of aryl methyl sites for hydroxylation is 2. The van der Waals surface area contributed by atoms with Gasteiger partial charge >= 0.3 is 6.03 Å². The second kappa shape index (κ2) is 12.8. The number of carbonyl (C=O) groups excluding carboxylic acids is 2. The Bertz CT molecular complexity index is 1160. The molecule has 1 N–H and O–H groups in total. The van der Waals surface area contributed by atoms with Gasteiger partial charge in [-0.05, 0) is 80.0 Å². The van der Waals surface area contributed by atoms with Crippen LogP contribution in [0.1, 0.15) is 34.4 Å². The number of nitrogens with one attached hydrogen (secondary N) is 1. The summed E-state index contributed by atoms with van der Waals surface area (Å²) in [6, 6.07) is 15.8. The summed E-state index contributed by atoms with van der Waals surface area (Å²) in [6.45, 7) is 7.92. The number of hydrogen-bond donors (Lipinski definition) is 1. The monoisotopic (exact) mass is 522 g/mol. The molecule has 3 amide bonds. The standard InChI is InChI=1S/C29H35FN4O2S/c1-22-7-5-8-23(2)28(22)31-29(36)33(17-16-32-14-3-4-15-32)21-27(35)34(20-26-9-6-18-37-26)19-24-10-12-25(30)13-11-24/h5-13,18H,3-4,14-17,19-21H2,1-2H3,(H,31,36). The maximum absolute atomic E-state index is 13.7. The Labute approximate surface area is 222 Å². The highest BCUT2D eigenvalue weighted by molar-refractivity contribution is 7.09. The summed E-state index contributed by atoms with van der Waals surface area (Å²) in [6.07, 6.45) is 2.33. The van der Waals surface area contributed by atoms with E-state index in [4.69, 9.17) is 0 Å². The van der Waals surface area contributed by atoms with Gasteiger partial charge in [0.05, 0.1) is 6.54 Å². The van der Waals surface area contributed by atoms with Gasteiger partial charge in [0.1, 0.15) is 12.4 Å². The lowest BCUT2D eigenvalue weighted by Gasteiger charge is -2.29. The lowest BCUT2D eigenvalue weighted by molar-refractivity contribution is -0.133. The fourth-order valence-electron chi connectivity index (χ4n) is 4.61. The molecule has 0 saturated carbocycles. The van der Waals surface area contributed by atoms with E-state index in [2.05, 4.69) is 10.2 Å². The molecule has 2 heterocycles. The molecule has 1 fully saturated rings. The summed E-state index contributed by atoms with van der Waals surface area (Å²) in [7, 11) is 0. The van der Waals surface area contributed by atoms with Crippen molar-refractivity contribution in [3.63, 3.8) is 0 Å². The molecule has 0 spiro atoms. The molecule has 1 aromatic heterocycles. The van der Waals surface area contributed by atoms with E-state index in [9.17, 15) is 14.0 Å². The van der Waals surface area contributed by atoms with Gasteiger partial charge in [0.25, 0.3) is 0 Å². The fraction of sp³-hybridized carbons (Fsp3) is 0.379. The number of carbonyl (C=O) groups is 2. The van der Waals surface area contributed by atoms with Crippen LogP contribution in [0.3, 0.4) is 0 Å². The Balaban J connectivity index is 1.51. The summed E-state index contributed by atoms with van der Waals surface area (Å²) in [5.74, 6) is -0.452. The van der Waals surface area contributed by atoms with Crippen molar-refractivity contribution in [2.45, 2.75) is 39.8 Å². The Morgan fingerprint density at radius 1 is 0.946 bits per heavy atom. The summed E-state index contributed by atoms with van der Waals surface area (Å²) in [5, 5.41) is 5.04. The summed E-state index contributed by atoms with van der Waals surface area (Å²) >= 11 is 1.59. The predicted molar refractivity (Wildman–Crippen MR) is 147 cm³/mol. The van der Waals surface area contributed by atoms with E-state index in [1.807, 2.05) is 49.6 Å². The minimum Gasteiger partial charge on any atom is -0.332 e. The maximum atomic E-state index is 13.7. The molecule has 0 atom stereocenters. The van der Waals surface area contributed by atoms with E-state index in [1.165, 1.54) is 25.0 Å². The number of urea groups is 1. The van der Waals surface area contributed by atoms with Gasteiger partial charge in [0.15, 0.2) is 0 Å². The molecule has 0 aliphatic carbocycles. The van der Waals surface area contributed by atoms with Gasteiger partial charge in [0.2, 0.25) is 5.91 Å². The third-order valence-corrected chi connectivity index (χ3v) is 7.64. The van der Waals surface area contributed by atoms with Crippen molar-refractivity contribution >= 4 is 29.0 Å². The van der Waals surface area contributed by atoms with Crippen LogP contribution >= 0.6 is 11.3 Å². The lowest BCUT2D eigenvalue weighted by Crippen LogP contribution is -2.46. The topological polar surface area (TPSA) is 55.9 Å². The molecular formula is C29H35FN4O2S. The van der Waals surface area contributed by atoms with Crippen LogP contribution in [0.2, 0.25) is 0 Å². The Morgan fingerprint density at radius 2 is 1.65 bits per heavy atom. The molecule has 0 unspecified atom stereocenters. The summed E-state index contributed by atoms with van der Waals surface area (Å²) in [4.78, 5) is 33.9. The van der Waals surface area contributed by atoms with E-state index in [-0.39, 0.29) is 24.3 Å². The number of thiophene rings is 1. The van der Waals surface area contributed by atoms with E-state index >= 15 is 0 Å². The second-order valence-corrected chi connectivity index (χ2v) is 10.7. The first-order valence-corrected chi connectivity index (χ1v) is 13.7. The molecule has 4 rings (SSSR count). The molecule has 6 nitrogen and oxygen atoms in total. The molecule has 8 heteroatoms. The maximum Gasteiger partial charge on any atom is 0.322 e. The van der Waals surface area contributed by atoms with Gasteiger partial charge in [-0.1, -0.05) is 36.4 Å². The van der Waals surface area contributed by atoms with Crippen molar-refractivity contribution in [3.8, 4) is 0 Å². The van der Waals surface area contributed by atoms with Crippen LogP contribution in [0.25, 0.3) is 0 Å². The third kappa shape index (κ3) is 7.63. The highest BCUT2D eigenvalue weighted by Crippen LogP contribution is 2.21. The van der Waals surface area contributed by atoms with Gasteiger partial charge in [-0.15, -0.1) is 11.3 Å². The van der Waals surface area contributed by atoms with Gasteiger partial charge < -0.3 is 20.0 Å². The SMILES string of the molecule is Cc1cccc(C)c1NC(=O)N(CCN1CCCC1)CC(=O)N(Cc1ccc(F)cc1)Cc1cccs1. The van der Waals surface area contributed by atoms with Crippen molar-refractivity contribution in [1.82, 2.24) is 14.7 Å². The van der Waals surface area contributed by atoms with E-state index < -0.39 is 0 Å². The highest BCUT2D eigenvalue weighted by Gasteiger charge is 2.24. The molecule has 2 aromatic carbocycles. The quantitative estimate of drug-likeness (QED) is 0.374. The van der Waals surface area contributed by atoms with Gasteiger partial charge in [-0.2, -0.15) is 0 Å². The van der Waals surface area contributed by atoms with Crippen molar-refractivity contribution in [2.75, 3.05) is 38.0 Å². The van der Waals surface area contributed by atoms with Crippen LogP contribution in [-0.2, 0) is 17.9 Å². The number of hydrogen-bond acceptors (Lipinski definition) is 4. The molecule has 1 saturated heterocycles. The molecule has 1 aliphatic heterocycles. The average Bonchev–Trinajstić information content (AvgIpc) is 3.59. The van der Waals surface area contributed by atoms with Crippen molar-refractivity contribution in [1.29, 1.82) is 0 Å². The van der Waals surface area contributed by atoms with Gasteiger partial charge in [0, 0.05) is 30.2 Å². The number of para-hydroxylation sites is 1. The lowest BCUT2D eigenvalue weighted by atomic mass is 10.1. The summed E-state index contributed by atoms with van der Waals surface area (Å²) < 4.78 is 13.5. The fourth-order valence-corrected chi connectivity index (χ4v) is 5.33. The first-order chi connectivity index (χ1) is 17.9. The molecule has 196 valence electrons. The van der Waals surface area contributed by atoms with Crippen molar-refractivity contribution in [3.05, 3.63) is 87.4 Å². The zero-order chi connectivity index (χ0) is 26.2. The number of rotatable bonds is 10. The third-order valence-electron chi connectivity index (χ3n) is 6.78. The summed E-state index contributed by atoms with van der Waals surface area (Å²) in [5.41, 5.74) is 3.59. The number of halogens is 1. The van der Waals surface area contributed by atoms with Crippen LogP contribution in [0.4, 0.5) is 14.9 Å². The Kier molecular flexibility index (Phi) is 9.30. The van der Waals surface area contributed by atoms with Crippen molar-refractivity contribution < 1.29 is 14.0 Å². The Hall–Kier alpha value is -3.23. The number of nitrogens with zero attached hydrogens (tertiary/aromatic N) is 3. The van der Waals surface area contributed by atoms with Crippen LogP contribution in [0, 0.1) is 19.7 Å². The first kappa shape index (κ1) is 26.8. The molecule has 1 aliphatic rings. The zero-order valence-electron chi connectivity index (χ0n) is 21.6. The molecular weight excluding hydrogens is 487 g/mol. The second-order valence-electron chi connectivity index (χ2n) is 9.62. The van der Waals surface area contributed by atoms with Crippen LogP contribution in [0.5, 0.6) is 0 Å². The average molecular weight is 523 g/mol. The predicted octanol–water partition coefficient (Wildman–Crippen LogP) is 5.66. The number of amides is 3. The first-order valence-electron chi connectivity index (χ1n) is 12.8. The van der Waals surface area contributed by atoms with Crippen LogP contribution in [0.15, 0.2) is 60.0 Å². The molecule has 3 aromatic rings. The van der Waals surface area contributed by atoms with Crippen LogP contribution in [-0.4, -0.2) is 59.4 Å². The smallest absolute Gasteiger partial charge is 0.322 e. The Morgan fingerprint density at radius 3 is 2.30 bits per heavy atom. The zero-order valence-corrected chi connectivity index (χ0v) is 22.4. The normalized spacial score (nSPS) is 13.5. The minimum atomic E-state index is -0.309. The van der Waals surface area contributed by atoms with Crippen LogP contribution < -0.4 is 5.32 Å². The largest absolute Gasteiger partial charge is 0.332 e. The van der Waals surface area contributed by atoms with E-state index in [1.54, 1.807) is 33.3 Å². The molecule has 37 heavy (non-hydrogen) atoms. The van der Waals surface area contributed by atoms with Crippen molar-refractivity contribution in [2.24, 2.45) is 0 Å². The minimum absolute atomic E-state index is 0.0306. The van der Waals surface area contributed by atoms with Gasteiger partial charge in [-0.25, -0.2) is 9.18 Å². The number of benzene rings is 2. The van der Waals surface area contributed by atoms with Gasteiger partial charge in [-0.3, -0.25) is 4.79 Å². The molecule has 0 radical (unpaired) electrons.